The van der Waals surface area contributed by atoms with Crippen LogP contribution in [-0.4, -0.2) is 68.2 Å². The molecular formula is C12H17N4O6P. The van der Waals surface area contributed by atoms with Gasteiger partial charge in [0.15, 0.2) is 11.9 Å². The lowest BCUT2D eigenvalue weighted by Gasteiger charge is -2.21. The first-order chi connectivity index (χ1) is 10.9. The van der Waals surface area contributed by atoms with E-state index in [1.54, 1.807) is 0 Å². The smallest absolute Gasteiger partial charge is 0.325 e. The molecular weight excluding hydrogens is 327 g/mol. The van der Waals surface area contributed by atoms with Crippen LogP contribution in [0.4, 0.5) is 0 Å². The molecule has 3 unspecified atom stereocenters. The van der Waals surface area contributed by atoms with Crippen LogP contribution in [0, 0.1) is 0 Å². The summed E-state index contributed by atoms with van der Waals surface area (Å²) in [5, 5.41) is 10.5. The average molecular weight is 344 g/mol. The lowest BCUT2D eigenvalue weighted by molar-refractivity contribution is -0.0571. The van der Waals surface area contributed by atoms with Crippen LogP contribution in [0.15, 0.2) is 18.9 Å². The molecule has 0 radical (unpaired) electrons. The van der Waals surface area contributed by atoms with Crippen LogP contribution < -0.4 is 0 Å². The van der Waals surface area contributed by atoms with Gasteiger partial charge in [-0.15, -0.1) is 0 Å². The largest absolute Gasteiger partial charge is 0.386 e. The van der Waals surface area contributed by atoms with Crippen molar-refractivity contribution in [3.05, 3.63) is 18.9 Å². The first kappa shape index (κ1) is 16.4. The van der Waals surface area contributed by atoms with Crippen molar-refractivity contribution >= 4 is 18.8 Å². The quantitative estimate of drug-likeness (QED) is 0.716. The molecule has 1 aliphatic heterocycles. The third-order valence-corrected chi connectivity index (χ3v) is 4.10. The van der Waals surface area contributed by atoms with Gasteiger partial charge in [-0.1, -0.05) is 0 Å². The van der Waals surface area contributed by atoms with E-state index in [4.69, 9.17) is 14.0 Å². The van der Waals surface area contributed by atoms with E-state index in [9.17, 15) is 14.6 Å². The number of imidazole rings is 1. The van der Waals surface area contributed by atoms with E-state index < -0.39 is 32.1 Å². The maximum absolute atomic E-state index is 11.6. The number of ether oxygens (including phenoxy) is 2. The van der Waals surface area contributed by atoms with Gasteiger partial charge in [-0.3, -0.25) is 13.7 Å². The molecule has 0 amide bonds. The summed E-state index contributed by atoms with van der Waals surface area (Å²) >= 11 is 0. The molecule has 5 atom stereocenters. The standard InChI is InChI=1S/C12H17N4O6P/c1-20-4-8-10(22-23(2,18)19)9(17)12(21-8)16-6-15-7-3-13-5-14-11(7)16/h3,5-6,8-10,12,17H,4H2,1-2H3,(H,18,19)/t8-,9?,10?,12-/m1/s1. The van der Waals surface area contributed by atoms with Crippen molar-refractivity contribution < 1.29 is 28.6 Å². The van der Waals surface area contributed by atoms with E-state index in [2.05, 4.69) is 15.0 Å². The fraction of sp³-hybridized carbons (Fsp3) is 0.583. The molecule has 126 valence electrons. The van der Waals surface area contributed by atoms with Gasteiger partial charge in [0.2, 0.25) is 0 Å². The molecule has 0 aliphatic carbocycles. The zero-order chi connectivity index (χ0) is 16.6. The normalized spacial score (nSPS) is 30.6. The molecule has 10 nitrogen and oxygen atoms in total. The molecule has 1 fully saturated rings. The van der Waals surface area contributed by atoms with Crippen molar-refractivity contribution in [1.82, 2.24) is 19.5 Å². The third kappa shape index (κ3) is 3.27. The molecule has 2 aromatic heterocycles. The van der Waals surface area contributed by atoms with Crippen LogP contribution in [0.2, 0.25) is 0 Å². The summed E-state index contributed by atoms with van der Waals surface area (Å²) in [7, 11) is -2.35. The number of aromatic nitrogens is 4. The fourth-order valence-corrected chi connectivity index (χ4v) is 3.29. The number of hydrogen-bond acceptors (Lipinski definition) is 8. The van der Waals surface area contributed by atoms with Crippen molar-refractivity contribution in [2.24, 2.45) is 0 Å². The van der Waals surface area contributed by atoms with Gasteiger partial charge in [-0.05, 0) is 0 Å². The number of nitrogens with zero attached hydrogens (tertiary/aromatic N) is 4. The highest BCUT2D eigenvalue weighted by Gasteiger charge is 2.48. The predicted molar refractivity (Wildman–Crippen MR) is 77.7 cm³/mol. The van der Waals surface area contributed by atoms with Crippen molar-refractivity contribution in [2.75, 3.05) is 20.4 Å². The summed E-state index contributed by atoms with van der Waals surface area (Å²) in [6, 6.07) is 0. The Labute approximate surface area is 131 Å². The number of aliphatic hydroxyl groups is 1. The Kier molecular flexibility index (Phi) is 4.45. The zero-order valence-corrected chi connectivity index (χ0v) is 13.4. The zero-order valence-electron chi connectivity index (χ0n) is 12.5. The van der Waals surface area contributed by atoms with Crippen LogP contribution in [0.5, 0.6) is 0 Å². The predicted octanol–water partition coefficient (Wildman–Crippen LogP) is -0.0686. The highest BCUT2D eigenvalue weighted by Crippen LogP contribution is 2.44. The molecule has 0 spiro atoms. The summed E-state index contributed by atoms with van der Waals surface area (Å²) in [5.41, 5.74) is 1.02. The Balaban J connectivity index is 1.93. The number of hydrogen-bond donors (Lipinski definition) is 2. The van der Waals surface area contributed by atoms with Crippen molar-refractivity contribution in [1.29, 1.82) is 0 Å². The Morgan fingerprint density at radius 3 is 2.96 bits per heavy atom. The van der Waals surface area contributed by atoms with Crippen LogP contribution >= 0.6 is 7.60 Å². The topological polar surface area (TPSA) is 129 Å². The monoisotopic (exact) mass is 344 g/mol. The maximum Gasteiger partial charge on any atom is 0.325 e. The van der Waals surface area contributed by atoms with Crippen molar-refractivity contribution in [3.63, 3.8) is 0 Å². The molecule has 1 aliphatic rings. The Morgan fingerprint density at radius 1 is 1.48 bits per heavy atom. The molecule has 2 N–H and O–H groups in total. The minimum Gasteiger partial charge on any atom is -0.386 e. The summed E-state index contributed by atoms with van der Waals surface area (Å²) < 4.78 is 29.0. The van der Waals surface area contributed by atoms with Crippen LogP contribution in [0.25, 0.3) is 11.2 Å². The minimum atomic E-state index is -3.81. The van der Waals surface area contributed by atoms with Gasteiger partial charge >= 0.3 is 7.60 Å². The molecule has 2 aromatic rings. The first-order valence-electron chi connectivity index (χ1n) is 6.84. The summed E-state index contributed by atoms with van der Waals surface area (Å²) in [5.74, 6) is 0. The molecule has 23 heavy (non-hydrogen) atoms. The van der Waals surface area contributed by atoms with Crippen molar-refractivity contribution in [3.8, 4) is 0 Å². The third-order valence-electron chi connectivity index (χ3n) is 3.47. The molecule has 0 aromatic carbocycles. The van der Waals surface area contributed by atoms with E-state index in [-0.39, 0.29) is 6.61 Å². The molecule has 1 saturated heterocycles. The highest BCUT2D eigenvalue weighted by atomic mass is 31.2. The molecule has 0 saturated carbocycles. The first-order valence-corrected chi connectivity index (χ1v) is 8.87. The van der Waals surface area contributed by atoms with E-state index in [1.807, 2.05) is 0 Å². The van der Waals surface area contributed by atoms with Crippen molar-refractivity contribution in [2.45, 2.75) is 24.5 Å². The van der Waals surface area contributed by atoms with Gasteiger partial charge in [0, 0.05) is 13.8 Å². The number of fused-ring (bicyclic) bond motifs is 1. The maximum atomic E-state index is 11.6. The van der Waals surface area contributed by atoms with Gasteiger partial charge < -0.3 is 19.5 Å². The van der Waals surface area contributed by atoms with Gasteiger partial charge in [0.25, 0.3) is 0 Å². The van der Waals surface area contributed by atoms with Gasteiger partial charge in [0.05, 0.1) is 19.1 Å². The molecule has 3 rings (SSSR count). The minimum absolute atomic E-state index is 0.0971. The van der Waals surface area contributed by atoms with Gasteiger partial charge in [0.1, 0.15) is 30.2 Å². The van der Waals surface area contributed by atoms with Gasteiger partial charge in [-0.25, -0.2) is 15.0 Å². The Bertz CT molecular complexity index is 733. The molecule has 11 heteroatoms. The lowest BCUT2D eigenvalue weighted by atomic mass is 10.1. The Hall–Kier alpha value is -1.42. The Morgan fingerprint density at radius 2 is 2.26 bits per heavy atom. The van der Waals surface area contributed by atoms with E-state index >= 15 is 0 Å². The number of methoxy groups -OCH3 is 1. The summed E-state index contributed by atoms with van der Waals surface area (Å²) in [6.07, 6.45) is 0.573. The van der Waals surface area contributed by atoms with E-state index in [1.165, 1.54) is 30.5 Å². The summed E-state index contributed by atoms with van der Waals surface area (Å²) in [4.78, 5) is 21.6. The van der Waals surface area contributed by atoms with E-state index in [0.717, 1.165) is 6.66 Å². The number of rotatable bonds is 5. The van der Waals surface area contributed by atoms with Gasteiger partial charge in [-0.2, -0.15) is 0 Å². The second-order valence-electron chi connectivity index (χ2n) is 5.27. The summed E-state index contributed by atoms with van der Waals surface area (Å²) in [6.45, 7) is 1.15. The fourth-order valence-electron chi connectivity index (χ4n) is 2.57. The second-order valence-corrected chi connectivity index (χ2v) is 7.08. The number of aliphatic hydroxyl groups excluding tert-OH is 1. The second kappa shape index (κ2) is 6.23. The SMILES string of the molecule is COC[C@H]1O[C@@H](n2cnc3cncnc32)C(O)C1OP(C)(=O)O. The van der Waals surface area contributed by atoms with Crippen LogP contribution in [0.3, 0.4) is 0 Å². The molecule has 0 bridgehead atoms. The van der Waals surface area contributed by atoms with Crippen LogP contribution in [0.1, 0.15) is 6.23 Å². The van der Waals surface area contributed by atoms with E-state index in [0.29, 0.717) is 11.2 Å². The lowest BCUT2D eigenvalue weighted by Crippen LogP contribution is -2.35. The highest BCUT2D eigenvalue weighted by molar-refractivity contribution is 7.51. The average Bonchev–Trinajstić information content (AvgIpc) is 3.02. The molecule has 3 heterocycles. The van der Waals surface area contributed by atoms with Crippen LogP contribution in [-0.2, 0) is 18.6 Å².